The van der Waals surface area contributed by atoms with Crippen LogP contribution in [0.3, 0.4) is 0 Å². The third kappa shape index (κ3) is 2.67. The van der Waals surface area contributed by atoms with Crippen molar-refractivity contribution in [3.8, 4) is 5.75 Å². The molecule has 0 bridgehead atoms. The molecule has 1 N–H and O–H groups in total. The predicted molar refractivity (Wildman–Crippen MR) is 101 cm³/mol. The van der Waals surface area contributed by atoms with Crippen molar-refractivity contribution in [3.63, 3.8) is 0 Å². The van der Waals surface area contributed by atoms with Crippen LogP contribution in [0.25, 0.3) is 21.7 Å². The number of nitrogens with one attached hydrogen (secondary N) is 1. The normalized spacial score (nSPS) is 10.9. The van der Waals surface area contributed by atoms with Crippen molar-refractivity contribution in [2.24, 2.45) is 0 Å². The molecule has 0 radical (unpaired) electrons. The second-order valence-electron chi connectivity index (χ2n) is 5.39. The molecule has 118 valence electrons. The molecule has 4 rings (SSSR count). The Hall–Kier alpha value is -2.66. The standard InChI is InChI=1S/C19H14BrN3O/c1-24-14-5-3-13(4-6-14)23-19-17-11-22-18-7-2-12(20)10-16(18)15(17)8-9-21-19/h2-11H,1H3,(H,21,23). The fourth-order valence-electron chi connectivity index (χ4n) is 2.72. The van der Waals surface area contributed by atoms with Gasteiger partial charge in [0.2, 0.25) is 0 Å². The van der Waals surface area contributed by atoms with Crippen molar-refractivity contribution in [3.05, 3.63) is 65.4 Å². The molecule has 0 aliphatic heterocycles. The highest BCUT2D eigenvalue weighted by Gasteiger charge is 2.08. The lowest BCUT2D eigenvalue weighted by molar-refractivity contribution is 0.415. The number of methoxy groups -OCH3 is 1. The van der Waals surface area contributed by atoms with Gasteiger partial charge in [-0.25, -0.2) is 4.98 Å². The number of rotatable bonds is 3. The molecular weight excluding hydrogens is 366 g/mol. The first-order valence-corrected chi connectivity index (χ1v) is 8.28. The molecule has 0 amide bonds. The van der Waals surface area contributed by atoms with Gasteiger partial charge in [-0.05, 0) is 53.9 Å². The van der Waals surface area contributed by atoms with E-state index in [1.165, 1.54) is 0 Å². The van der Waals surface area contributed by atoms with Crippen LogP contribution >= 0.6 is 15.9 Å². The molecule has 2 heterocycles. The van der Waals surface area contributed by atoms with E-state index in [0.29, 0.717) is 0 Å². The topological polar surface area (TPSA) is 47.0 Å². The molecule has 4 nitrogen and oxygen atoms in total. The van der Waals surface area contributed by atoms with E-state index in [1.807, 2.05) is 54.9 Å². The number of benzene rings is 2. The summed E-state index contributed by atoms with van der Waals surface area (Å²) in [6.45, 7) is 0. The average Bonchev–Trinajstić information content (AvgIpc) is 2.62. The third-order valence-electron chi connectivity index (χ3n) is 3.92. The summed E-state index contributed by atoms with van der Waals surface area (Å²) in [5.41, 5.74) is 1.91. The van der Waals surface area contributed by atoms with Crippen molar-refractivity contribution in [1.82, 2.24) is 9.97 Å². The minimum absolute atomic E-state index is 0.784. The van der Waals surface area contributed by atoms with Crippen LogP contribution in [0.4, 0.5) is 11.5 Å². The molecular formula is C19H14BrN3O. The first-order valence-electron chi connectivity index (χ1n) is 7.49. The zero-order valence-electron chi connectivity index (χ0n) is 13.0. The third-order valence-corrected chi connectivity index (χ3v) is 4.42. The van der Waals surface area contributed by atoms with Gasteiger partial charge in [-0.15, -0.1) is 0 Å². The first-order chi connectivity index (χ1) is 11.7. The van der Waals surface area contributed by atoms with Gasteiger partial charge in [0.05, 0.1) is 12.6 Å². The number of aromatic nitrogens is 2. The Morgan fingerprint density at radius 3 is 2.54 bits per heavy atom. The Kier molecular flexibility index (Phi) is 3.78. The lowest BCUT2D eigenvalue weighted by Gasteiger charge is -2.10. The Balaban J connectivity index is 1.83. The van der Waals surface area contributed by atoms with Crippen molar-refractivity contribution in [2.75, 3.05) is 12.4 Å². The maximum absolute atomic E-state index is 5.19. The summed E-state index contributed by atoms with van der Waals surface area (Å²) in [7, 11) is 1.66. The number of pyridine rings is 2. The lowest BCUT2D eigenvalue weighted by Crippen LogP contribution is -1.95. The van der Waals surface area contributed by atoms with Gasteiger partial charge in [0, 0.05) is 33.3 Å². The molecule has 0 aliphatic carbocycles. The fraction of sp³-hybridized carbons (Fsp3) is 0.0526. The van der Waals surface area contributed by atoms with Crippen LogP contribution in [0.1, 0.15) is 0 Å². The van der Waals surface area contributed by atoms with Gasteiger partial charge in [0.25, 0.3) is 0 Å². The van der Waals surface area contributed by atoms with E-state index in [4.69, 9.17) is 4.74 Å². The summed E-state index contributed by atoms with van der Waals surface area (Å²) in [6.07, 6.45) is 3.68. The van der Waals surface area contributed by atoms with E-state index in [-0.39, 0.29) is 0 Å². The largest absolute Gasteiger partial charge is 0.497 e. The highest BCUT2D eigenvalue weighted by atomic mass is 79.9. The Morgan fingerprint density at radius 2 is 1.75 bits per heavy atom. The lowest BCUT2D eigenvalue weighted by atomic mass is 10.1. The maximum Gasteiger partial charge on any atom is 0.139 e. The first kappa shape index (κ1) is 14.9. The number of hydrogen-bond acceptors (Lipinski definition) is 4. The van der Waals surface area contributed by atoms with Crippen molar-refractivity contribution in [2.45, 2.75) is 0 Å². The van der Waals surface area contributed by atoms with Gasteiger partial charge in [0.15, 0.2) is 0 Å². The monoisotopic (exact) mass is 379 g/mol. The van der Waals surface area contributed by atoms with Gasteiger partial charge in [-0.1, -0.05) is 15.9 Å². The Morgan fingerprint density at radius 1 is 0.917 bits per heavy atom. The van der Waals surface area contributed by atoms with Crippen LogP contribution < -0.4 is 10.1 Å². The van der Waals surface area contributed by atoms with Crippen LogP contribution in [0, 0.1) is 0 Å². The molecule has 2 aromatic carbocycles. The highest BCUT2D eigenvalue weighted by molar-refractivity contribution is 9.10. The van der Waals surface area contributed by atoms with Crippen molar-refractivity contribution < 1.29 is 4.74 Å². The summed E-state index contributed by atoms with van der Waals surface area (Å²) in [4.78, 5) is 9.04. The predicted octanol–water partition coefficient (Wildman–Crippen LogP) is 5.30. The van der Waals surface area contributed by atoms with E-state index in [0.717, 1.165) is 43.4 Å². The molecule has 24 heavy (non-hydrogen) atoms. The van der Waals surface area contributed by atoms with Crippen LogP contribution in [0.2, 0.25) is 0 Å². The number of ether oxygens (including phenoxy) is 1. The second kappa shape index (κ2) is 6.09. The van der Waals surface area contributed by atoms with Crippen LogP contribution in [-0.4, -0.2) is 17.1 Å². The van der Waals surface area contributed by atoms with E-state index in [9.17, 15) is 0 Å². The second-order valence-corrected chi connectivity index (χ2v) is 6.31. The SMILES string of the molecule is COc1ccc(Nc2nccc3c2cnc2ccc(Br)cc23)cc1. The molecule has 0 fully saturated rings. The van der Waals surface area contributed by atoms with Gasteiger partial charge >= 0.3 is 0 Å². The molecule has 0 aliphatic rings. The van der Waals surface area contributed by atoms with Crippen molar-refractivity contribution >= 4 is 49.1 Å². The van der Waals surface area contributed by atoms with E-state index < -0.39 is 0 Å². The van der Waals surface area contributed by atoms with Gasteiger partial charge in [-0.3, -0.25) is 4.98 Å². The van der Waals surface area contributed by atoms with Gasteiger partial charge < -0.3 is 10.1 Å². The number of fused-ring (bicyclic) bond motifs is 3. The summed E-state index contributed by atoms with van der Waals surface area (Å²) < 4.78 is 6.22. The summed E-state index contributed by atoms with van der Waals surface area (Å²) in [5.74, 6) is 1.61. The van der Waals surface area contributed by atoms with Crippen LogP contribution in [-0.2, 0) is 0 Å². The molecule has 0 saturated carbocycles. The molecule has 2 aromatic heterocycles. The van der Waals surface area contributed by atoms with Crippen molar-refractivity contribution in [1.29, 1.82) is 0 Å². The van der Waals surface area contributed by atoms with Crippen LogP contribution in [0.15, 0.2) is 65.4 Å². The molecule has 5 heteroatoms. The highest BCUT2D eigenvalue weighted by Crippen LogP contribution is 2.30. The summed E-state index contributed by atoms with van der Waals surface area (Å²) >= 11 is 3.53. The number of halogens is 1. The summed E-state index contributed by atoms with van der Waals surface area (Å²) in [6, 6.07) is 15.9. The zero-order valence-corrected chi connectivity index (χ0v) is 14.5. The molecule has 4 aromatic rings. The minimum atomic E-state index is 0.784. The van der Waals surface area contributed by atoms with Gasteiger partial charge in [-0.2, -0.15) is 0 Å². The number of nitrogens with zero attached hydrogens (tertiary/aromatic N) is 2. The fourth-order valence-corrected chi connectivity index (χ4v) is 3.08. The van der Waals surface area contributed by atoms with E-state index in [2.05, 4.69) is 37.3 Å². The Bertz CT molecular complexity index is 1030. The molecule has 0 unspecified atom stereocenters. The number of hydrogen-bond donors (Lipinski definition) is 1. The summed E-state index contributed by atoms with van der Waals surface area (Å²) in [5, 5.41) is 6.56. The Labute approximate surface area is 147 Å². The average molecular weight is 380 g/mol. The minimum Gasteiger partial charge on any atom is -0.497 e. The van der Waals surface area contributed by atoms with E-state index >= 15 is 0 Å². The van der Waals surface area contributed by atoms with Gasteiger partial charge in [0.1, 0.15) is 11.6 Å². The molecule has 0 atom stereocenters. The van der Waals surface area contributed by atoms with Crippen LogP contribution in [0.5, 0.6) is 5.75 Å². The number of anilines is 2. The quantitative estimate of drug-likeness (QED) is 0.490. The zero-order chi connectivity index (χ0) is 16.5. The smallest absolute Gasteiger partial charge is 0.139 e. The van der Waals surface area contributed by atoms with E-state index in [1.54, 1.807) is 7.11 Å². The molecule has 0 saturated heterocycles. The maximum atomic E-state index is 5.19. The molecule has 0 spiro atoms.